The van der Waals surface area contributed by atoms with Crippen molar-refractivity contribution in [3.8, 4) is 5.69 Å². The van der Waals surface area contributed by atoms with Gasteiger partial charge < -0.3 is 4.90 Å². The molecule has 0 saturated heterocycles. The third kappa shape index (κ3) is 3.49. The second-order valence-electron chi connectivity index (χ2n) is 5.50. The van der Waals surface area contributed by atoms with E-state index in [1.54, 1.807) is 10.9 Å². The molecular formula is C18H17FN4S. The fraction of sp³-hybridized carbons (Fsp3) is 0.167. The summed E-state index contributed by atoms with van der Waals surface area (Å²) in [6.07, 6.45) is 4.60. The average molecular weight is 340 g/mol. The van der Waals surface area contributed by atoms with Gasteiger partial charge in [-0.15, -0.1) is 0 Å². The zero-order chi connectivity index (χ0) is 17.1. The largest absolute Gasteiger partial charge is 0.329 e. The Hall–Kier alpha value is -2.60. The van der Waals surface area contributed by atoms with Gasteiger partial charge in [0.15, 0.2) is 0 Å². The number of nitrogens with zero attached hydrogens (tertiary/aromatic N) is 4. The lowest BCUT2D eigenvalue weighted by Crippen LogP contribution is -2.26. The second kappa shape index (κ2) is 6.88. The molecule has 0 saturated carbocycles. The van der Waals surface area contributed by atoms with Gasteiger partial charge in [0, 0.05) is 12.6 Å². The fourth-order valence-electron chi connectivity index (χ4n) is 2.51. The Morgan fingerprint density at radius 2 is 2.00 bits per heavy atom. The van der Waals surface area contributed by atoms with Crippen molar-refractivity contribution in [1.82, 2.24) is 14.8 Å². The van der Waals surface area contributed by atoms with Crippen LogP contribution < -0.4 is 4.90 Å². The zero-order valence-corrected chi connectivity index (χ0v) is 14.3. The Balaban J connectivity index is 1.96. The maximum absolute atomic E-state index is 13.4. The molecule has 6 heteroatoms. The van der Waals surface area contributed by atoms with Crippen LogP contribution in [0.2, 0.25) is 0 Å². The van der Waals surface area contributed by atoms with E-state index < -0.39 is 5.82 Å². The van der Waals surface area contributed by atoms with Crippen molar-refractivity contribution in [2.45, 2.75) is 20.4 Å². The van der Waals surface area contributed by atoms with Crippen molar-refractivity contribution in [1.29, 1.82) is 0 Å². The molecule has 0 bridgehead atoms. The summed E-state index contributed by atoms with van der Waals surface area (Å²) >= 11 is 5.42. The summed E-state index contributed by atoms with van der Waals surface area (Å²) in [5.41, 5.74) is 3.45. The van der Waals surface area contributed by atoms with Crippen molar-refractivity contribution in [2.75, 3.05) is 4.90 Å². The Bertz CT molecular complexity index is 860. The average Bonchev–Trinajstić information content (AvgIpc) is 2.95. The van der Waals surface area contributed by atoms with Crippen LogP contribution in [0.15, 0.2) is 55.0 Å². The molecule has 0 radical (unpaired) electrons. The summed E-state index contributed by atoms with van der Waals surface area (Å²) in [6.45, 7) is 4.46. The van der Waals surface area contributed by atoms with Crippen LogP contribution in [0.25, 0.3) is 5.69 Å². The molecule has 3 aromatic rings. The molecule has 24 heavy (non-hydrogen) atoms. The lowest BCUT2D eigenvalue weighted by Gasteiger charge is -2.22. The molecule has 122 valence electrons. The summed E-state index contributed by atoms with van der Waals surface area (Å²) in [5, 5.41) is 4.48. The molecule has 0 atom stereocenters. The van der Waals surface area contributed by atoms with Gasteiger partial charge in [-0.2, -0.15) is 5.10 Å². The van der Waals surface area contributed by atoms with Crippen molar-refractivity contribution < 1.29 is 4.39 Å². The summed E-state index contributed by atoms with van der Waals surface area (Å²) in [6, 6.07) is 11.5. The second-order valence-corrected chi connectivity index (χ2v) is 6.09. The quantitative estimate of drug-likeness (QED) is 0.671. The van der Waals surface area contributed by atoms with Gasteiger partial charge in [0.2, 0.25) is 0 Å². The first-order valence-electron chi connectivity index (χ1n) is 7.54. The van der Waals surface area contributed by atoms with Gasteiger partial charge in [-0.1, -0.05) is 42.5 Å². The molecule has 3 rings (SSSR count). The third-order valence-corrected chi connectivity index (χ3v) is 3.90. The molecule has 0 aliphatic rings. The van der Waals surface area contributed by atoms with E-state index >= 15 is 0 Å². The molecule has 0 aliphatic carbocycles. The van der Waals surface area contributed by atoms with Crippen LogP contribution in [0, 0.1) is 12.7 Å². The highest BCUT2D eigenvalue weighted by molar-refractivity contribution is 7.80. The van der Waals surface area contributed by atoms with E-state index in [-0.39, 0.29) is 0 Å². The Morgan fingerprint density at radius 3 is 2.67 bits per heavy atom. The third-order valence-electron chi connectivity index (χ3n) is 3.68. The van der Waals surface area contributed by atoms with E-state index in [1.807, 2.05) is 43.1 Å². The minimum absolute atomic E-state index is 0.394. The van der Waals surface area contributed by atoms with Gasteiger partial charge in [0.1, 0.15) is 5.82 Å². The van der Waals surface area contributed by atoms with E-state index in [0.29, 0.717) is 12.2 Å². The number of hydrogen-bond acceptors (Lipinski definition) is 3. The lowest BCUT2D eigenvalue weighted by atomic mass is 10.2. The van der Waals surface area contributed by atoms with Crippen LogP contribution >= 0.6 is 12.2 Å². The van der Waals surface area contributed by atoms with Gasteiger partial charge in [-0.3, -0.25) is 4.98 Å². The van der Waals surface area contributed by atoms with Crippen molar-refractivity contribution in [2.24, 2.45) is 0 Å². The molecule has 4 nitrogen and oxygen atoms in total. The van der Waals surface area contributed by atoms with Crippen molar-refractivity contribution in [3.05, 3.63) is 72.1 Å². The first kappa shape index (κ1) is 16.3. The zero-order valence-electron chi connectivity index (χ0n) is 13.5. The monoisotopic (exact) mass is 340 g/mol. The molecule has 0 unspecified atom stereocenters. The van der Waals surface area contributed by atoms with Gasteiger partial charge in [0.05, 0.1) is 40.6 Å². The Kier molecular flexibility index (Phi) is 4.66. The Morgan fingerprint density at radius 1 is 1.25 bits per heavy atom. The maximum Gasteiger partial charge on any atom is 0.143 e. The summed E-state index contributed by atoms with van der Waals surface area (Å²) in [4.78, 5) is 6.64. The van der Waals surface area contributed by atoms with Crippen LogP contribution in [-0.2, 0) is 6.54 Å². The number of aryl methyl sites for hydroxylation is 1. The predicted octanol–water partition coefficient (Wildman–Crippen LogP) is 4.07. The lowest BCUT2D eigenvalue weighted by molar-refractivity contribution is 0.618. The van der Waals surface area contributed by atoms with Gasteiger partial charge in [-0.05, 0) is 19.4 Å². The van der Waals surface area contributed by atoms with E-state index in [0.717, 1.165) is 21.9 Å². The predicted molar refractivity (Wildman–Crippen MR) is 97.0 cm³/mol. The number of anilines is 1. The summed E-state index contributed by atoms with van der Waals surface area (Å²) in [7, 11) is 0. The SMILES string of the molecule is CC(=S)N(Cc1ccccc1)c1cn(-c2cncc(F)c2)nc1C. The molecule has 0 spiro atoms. The highest BCUT2D eigenvalue weighted by atomic mass is 32.1. The van der Waals surface area contributed by atoms with Gasteiger partial charge in [-0.25, -0.2) is 9.07 Å². The summed E-state index contributed by atoms with van der Waals surface area (Å²) in [5.74, 6) is -0.394. The highest BCUT2D eigenvalue weighted by Gasteiger charge is 2.16. The maximum atomic E-state index is 13.4. The minimum Gasteiger partial charge on any atom is -0.329 e. The number of pyridine rings is 1. The molecule has 2 heterocycles. The van der Waals surface area contributed by atoms with E-state index in [1.165, 1.54) is 12.3 Å². The smallest absolute Gasteiger partial charge is 0.143 e. The fourth-order valence-corrected chi connectivity index (χ4v) is 2.67. The van der Waals surface area contributed by atoms with Crippen molar-refractivity contribution in [3.63, 3.8) is 0 Å². The molecule has 0 fully saturated rings. The van der Waals surface area contributed by atoms with Gasteiger partial charge >= 0.3 is 0 Å². The van der Waals surface area contributed by atoms with Crippen LogP contribution in [0.5, 0.6) is 0 Å². The standard InChI is InChI=1S/C18H17FN4S/c1-13-18(12-23(21-13)17-8-16(19)9-20-10-17)22(14(2)24)11-15-6-4-3-5-7-15/h3-10,12H,11H2,1-2H3. The molecular weight excluding hydrogens is 323 g/mol. The van der Waals surface area contributed by atoms with E-state index in [9.17, 15) is 4.39 Å². The topological polar surface area (TPSA) is 34.0 Å². The molecule has 2 aromatic heterocycles. The first-order chi connectivity index (χ1) is 11.5. The van der Waals surface area contributed by atoms with Crippen LogP contribution in [0.1, 0.15) is 18.2 Å². The number of hydrogen-bond donors (Lipinski definition) is 0. The molecule has 0 N–H and O–H groups in total. The van der Waals surface area contributed by atoms with E-state index in [2.05, 4.69) is 22.2 Å². The van der Waals surface area contributed by atoms with E-state index in [4.69, 9.17) is 12.2 Å². The highest BCUT2D eigenvalue weighted by Crippen LogP contribution is 2.23. The number of benzene rings is 1. The molecule has 0 amide bonds. The number of thiocarbonyl (C=S) groups is 1. The Labute approximate surface area is 145 Å². The number of halogens is 1. The minimum atomic E-state index is -0.394. The molecule has 1 aromatic carbocycles. The van der Waals surface area contributed by atoms with Gasteiger partial charge in [0.25, 0.3) is 0 Å². The number of rotatable bonds is 4. The number of aromatic nitrogens is 3. The van der Waals surface area contributed by atoms with Crippen LogP contribution in [0.3, 0.4) is 0 Å². The summed E-state index contributed by atoms with van der Waals surface area (Å²) < 4.78 is 15.0. The first-order valence-corrected chi connectivity index (χ1v) is 7.94. The molecule has 0 aliphatic heterocycles. The van der Waals surface area contributed by atoms with Crippen LogP contribution in [0.4, 0.5) is 10.1 Å². The van der Waals surface area contributed by atoms with Crippen LogP contribution in [-0.4, -0.2) is 19.8 Å². The normalized spacial score (nSPS) is 10.6. The van der Waals surface area contributed by atoms with Crippen molar-refractivity contribution >= 4 is 22.9 Å².